The minimum atomic E-state index is -4.86. The molecular formula is C24H27BrF4NO3P. The molecule has 0 aliphatic carbocycles. The normalized spacial score (nSPS) is 13.9. The fraction of sp³-hybridized carbons (Fsp3) is 0.417. The minimum Gasteiger partial charge on any atom is -0.346 e. The van der Waals surface area contributed by atoms with Crippen LogP contribution < -0.4 is 0 Å². The predicted octanol–water partition coefficient (Wildman–Crippen LogP) is 8.43. The number of alkyl halides is 3. The van der Waals surface area contributed by atoms with E-state index in [1.807, 2.05) is 28.8 Å². The lowest BCUT2D eigenvalue weighted by Crippen LogP contribution is -2.18. The zero-order valence-corrected chi connectivity index (χ0v) is 22.0. The Morgan fingerprint density at radius 1 is 1.03 bits per heavy atom. The van der Waals surface area contributed by atoms with E-state index in [9.17, 15) is 22.1 Å². The van der Waals surface area contributed by atoms with Gasteiger partial charge in [-0.2, -0.15) is 13.2 Å². The highest BCUT2D eigenvalue weighted by molar-refractivity contribution is 9.10. The van der Waals surface area contributed by atoms with Crippen molar-refractivity contribution >= 4 is 34.4 Å². The number of nitrogens with zero attached hydrogens (tertiary/aromatic N) is 1. The molecule has 0 aliphatic rings. The molecule has 0 fully saturated rings. The fourth-order valence-corrected chi connectivity index (χ4v) is 7.60. The van der Waals surface area contributed by atoms with Gasteiger partial charge in [0.25, 0.3) is 0 Å². The van der Waals surface area contributed by atoms with Gasteiger partial charge in [-0.1, -0.05) is 24.3 Å². The highest BCUT2D eigenvalue weighted by Crippen LogP contribution is 2.65. The zero-order chi connectivity index (χ0) is 25.4. The smallest absolute Gasteiger partial charge is 0.346 e. The van der Waals surface area contributed by atoms with Crippen LogP contribution in [0.15, 0.2) is 46.9 Å². The molecule has 0 aliphatic heterocycles. The molecule has 0 saturated heterocycles. The molecule has 1 heterocycles. The Bertz CT molecular complexity index is 1170. The number of halogens is 5. The molecule has 1 unspecified atom stereocenters. The molecule has 2 aromatic carbocycles. The van der Waals surface area contributed by atoms with E-state index in [2.05, 4.69) is 15.9 Å². The van der Waals surface area contributed by atoms with Gasteiger partial charge in [-0.15, -0.1) is 0 Å². The molecular weight excluding hydrogens is 537 g/mol. The number of para-hydroxylation sites is 1. The number of fused-ring (bicyclic) bond motifs is 1. The Labute approximate surface area is 204 Å². The van der Waals surface area contributed by atoms with Crippen molar-refractivity contribution in [2.45, 2.75) is 58.2 Å². The SMILES string of the molecule is CC(C)OP(=O)(OC(C)C)C(Cc1ccc(F)c(C(F)(F)F)c1)c1c(Br)c2ccccc2n1C. The van der Waals surface area contributed by atoms with Gasteiger partial charge in [0.05, 0.1) is 17.8 Å². The van der Waals surface area contributed by atoms with E-state index in [-0.39, 0.29) is 12.0 Å². The molecule has 4 nitrogen and oxygen atoms in total. The third-order valence-corrected chi connectivity index (χ3v) is 8.72. The Balaban J connectivity index is 2.25. The summed E-state index contributed by atoms with van der Waals surface area (Å²) in [5.74, 6) is -1.36. The minimum absolute atomic E-state index is 0.122. The summed E-state index contributed by atoms with van der Waals surface area (Å²) in [5.41, 5.74) is -0.774. The number of hydrogen-bond donors (Lipinski definition) is 0. The second-order valence-corrected chi connectivity index (χ2v) is 11.6. The summed E-state index contributed by atoms with van der Waals surface area (Å²) in [4.78, 5) is 0. The highest BCUT2D eigenvalue weighted by Gasteiger charge is 2.43. The predicted molar refractivity (Wildman–Crippen MR) is 129 cm³/mol. The van der Waals surface area contributed by atoms with Crippen LogP contribution in [0.4, 0.5) is 17.6 Å². The Morgan fingerprint density at radius 2 is 1.62 bits per heavy atom. The third-order valence-electron chi connectivity index (χ3n) is 5.27. The summed E-state index contributed by atoms with van der Waals surface area (Å²) in [6.45, 7) is 6.85. The topological polar surface area (TPSA) is 40.5 Å². The van der Waals surface area contributed by atoms with Crippen LogP contribution in [0.5, 0.6) is 0 Å². The Kier molecular flexibility index (Phi) is 8.03. The van der Waals surface area contributed by atoms with Crippen molar-refractivity contribution in [1.82, 2.24) is 4.57 Å². The number of benzene rings is 2. The summed E-state index contributed by atoms with van der Waals surface area (Å²) in [5, 5.41) is 0.848. The van der Waals surface area contributed by atoms with Gasteiger partial charge in [0.2, 0.25) is 0 Å². The first-order chi connectivity index (χ1) is 15.7. The van der Waals surface area contributed by atoms with Crippen molar-refractivity contribution in [3.05, 3.63) is 69.6 Å². The average Bonchev–Trinajstić information content (AvgIpc) is 2.96. The van der Waals surface area contributed by atoms with Crippen LogP contribution in [0.25, 0.3) is 10.9 Å². The molecule has 3 aromatic rings. The number of aryl methyl sites for hydroxylation is 1. The monoisotopic (exact) mass is 563 g/mol. The van der Waals surface area contributed by atoms with Crippen LogP contribution in [-0.4, -0.2) is 16.8 Å². The lowest BCUT2D eigenvalue weighted by atomic mass is 10.0. The van der Waals surface area contributed by atoms with E-state index in [4.69, 9.17) is 9.05 Å². The van der Waals surface area contributed by atoms with E-state index >= 15 is 0 Å². The molecule has 0 radical (unpaired) electrons. The van der Waals surface area contributed by atoms with Crippen LogP contribution in [0.1, 0.15) is 50.2 Å². The summed E-state index contributed by atoms with van der Waals surface area (Å²) >= 11 is 3.61. The molecule has 10 heteroatoms. The fourth-order valence-electron chi connectivity index (χ4n) is 3.99. The largest absolute Gasteiger partial charge is 0.419 e. The summed E-state index contributed by atoms with van der Waals surface area (Å²) < 4.78 is 82.6. The number of aromatic nitrogens is 1. The summed E-state index contributed by atoms with van der Waals surface area (Å²) in [6.07, 6.45) is -5.93. The lowest BCUT2D eigenvalue weighted by Gasteiger charge is -2.31. The zero-order valence-electron chi connectivity index (χ0n) is 19.5. The quantitative estimate of drug-likeness (QED) is 0.204. The molecule has 34 heavy (non-hydrogen) atoms. The van der Waals surface area contributed by atoms with Gasteiger partial charge in [-0.25, -0.2) is 4.39 Å². The van der Waals surface area contributed by atoms with Gasteiger partial charge in [-0.3, -0.25) is 4.57 Å². The van der Waals surface area contributed by atoms with E-state index in [0.29, 0.717) is 10.2 Å². The second-order valence-electron chi connectivity index (χ2n) is 8.66. The van der Waals surface area contributed by atoms with Gasteiger partial charge in [0, 0.05) is 28.1 Å². The van der Waals surface area contributed by atoms with Crippen LogP contribution in [-0.2, 0) is 33.3 Å². The Morgan fingerprint density at radius 3 is 2.15 bits per heavy atom. The highest BCUT2D eigenvalue weighted by atomic mass is 79.9. The van der Waals surface area contributed by atoms with Crippen LogP contribution in [0.3, 0.4) is 0 Å². The van der Waals surface area contributed by atoms with E-state index in [1.165, 1.54) is 6.07 Å². The van der Waals surface area contributed by atoms with Crippen molar-refractivity contribution in [2.24, 2.45) is 7.05 Å². The first-order valence-corrected chi connectivity index (χ1v) is 13.2. The molecule has 186 valence electrons. The van der Waals surface area contributed by atoms with Crippen LogP contribution >= 0.6 is 23.5 Å². The van der Waals surface area contributed by atoms with E-state index < -0.39 is 43.0 Å². The maximum absolute atomic E-state index is 14.3. The molecule has 0 spiro atoms. The number of rotatable bonds is 8. The molecule has 0 bridgehead atoms. The average molecular weight is 564 g/mol. The second kappa shape index (κ2) is 10.1. The maximum atomic E-state index is 14.3. The molecule has 0 amide bonds. The molecule has 1 atom stereocenters. The van der Waals surface area contributed by atoms with Gasteiger partial charge in [0.1, 0.15) is 11.5 Å². The van der Waals surface area contributed by atoms with Crippen LogP contribution in [0, 0.1) is 5.82 Å². The van der Waals surface area contributed by atoms with Crippen LogP contribution in [0.2, 0.25) is 0 Å². The summed E-state index contributed by atoms with van der Waals surface area (Å²) in [6, 6.07) is 10.3. The third kappa shape index (κ3) is 5.59. The maximum Gasteiger partial charge on any atom is 0.419 e. The van der Waals surface area contributed by atoms with E-state index in [0.717, 1.165) is 23.0 Å². The first kappa shape index (κ1) is 26.9. The van der Waals surface area contributed by atoms with Gasteiger partial charge in [-0.05, 0) is 73.8 Å². The van der Waals surface area contributed by atoms with Crippen molar-refractivity contribution in [1.29, 1.82) is 0 Å². The molecule has 1 aromatic heterocycles. The van der Waals surface area contributed by atoms with Gasteiger partial charge < -0.3 is 13.6 Å². The van der Waals surface area contributed by atoms with Crippen molar-refractivity contribution in [3.63, 3.8) is 0 Å². The van der Waals surface area contributed by atoms with Crippen molar-refractivity contribution in [2.75, 3.05) is 0 Å². The van der Waals surface area contributed by atoms with Gasteiger partial charge >= 0.3 is 13.8 Å². The van der Waals surface area contributed by atoms with Gasteiger partial charge in [0.15, 0.2) is 0 Å². The van der Waals surface area contributed by atoms with E-state index in [1.54, 1.807) is 34.7 Å². The molecule has 0 saturated carbocycles. The standard InChI is InChI=1S/C24H27BrF4NO3P/c1-14(2)32-34(31,33-15(3)4)21(13-16-10-11-19(26)18(12-16)24(27,28)29)23-22(25)17-8-6-7-9-20(17)30(23)5/h6-12,14-15,21H,13H2,1-5H3. The van der Waals surface area contributed by atoms with Crippen molar-refractivity contribution in [3.8, 4) is 0 Å². The first-order valence-electron chi connectivity index (χ1n) is 10.8. The molecule has 0 N–H and O–H groups in total. The van der Waals surface area contributed by atoms with Crippen molar-refractivity contribution < 1.29 is 31.2 Å². The number of hydrogen-bond acceptors (Lipinski definition) is 3. The molecule has 3 rings (SSSR count). The lowest BCUT2D eigenvalue weighted by molar-refractivity contribution is -0.140. The Hall–Kier alpha value is -1.67. The summed E-state index contributed by atoms with van der Waals surface area (Å²) in [7, 11) is -2.14.